The maximum absolute atomic E-state index is 13.8. The van der Waals surface area contributed by atoms with E-state index in [1.807, 2.05) is 0 Å². The average molecular weight is 348 g/mol. The van der Waals surface area contributed by atoms with E-state index in [2.05, 4.69) is 10.2 Å². The number of hydrogen-bond donors (Lipinski definition) is 2. The van der Waals surface area contributed by atoms with Gasteiger partial charge in [-0.1, -0.05) is 6.07 Å². The number of piperidine rings is 1. The first-order valence-electron chi connectivity index (χ1n) is 7.83. The van der Waals surface area contributed by atoms with Crippen molar-refractivity contribution in [2.45, 2.75) is 31.5 Å². The molecule has 8 heteroatoms. The highest BCUT2D eigenvalue weighted by Crippen LogP contribution is 2.32. The highest BCUT2D eigenvalue weighted by atomic mass is 19.4. The van der Waals surface area contributed by atoms with Crippen LogP contribution in [0.15, 0.2) is 18.2 Å². The maximum Gasteiger partial charge on any atom is 0.419 e. The minimum absolute atomic E-state index is 0.244. The van der Waals surface area contributed by atoms with E-state index in [4.69, 9.17) is 0 Å². The third-order valence-electron chi connectivity index (χ3n) is 4.04. The van der Waals surface area contributed by atoms with Crippen LogP contribution in [0.4, 0.5) is 17.6 Å². The number of carbonyl (C=O) groups is 1. The van der Waals surface area contributed by atoms with E-state index in [0.29, 0.717) is 31.9 Å². The molecule has 1 amide bonds. The summed E-state index contributed by atoms with van der Waals surface area (Å²) in [5, 5.41) is 11.8. The molecule has 1 heterocycles. The number of likely N-dealkylation sites (tertiary alicyclic amines) is 1. The predicted molar refractivity (Wildman–Crippen MR) is 80.0 cm³/mol. The van der Waals surface area contributed by atoms with E-state index in [9.17, 15) is 27.5 Å². The van der Waals surface area contributed by atoms with Crippen LogP contribution in [-0.4, -0.2) is 48.2 Å². The molecule has 1 aliphatic rings. The van der Waals surface area contributed by atoms with E-state index in [1.165, 1.54) is 0 Å². The molecule has 0 aromatic heterocycles. The summed E-state index contributed by atoms with van der Waals surface area (Å²) in [6.45, 7) is 2.50. The van der Waals surface area contributed by atoms with Gasteiger partial charge in [-0.05, 0) is 37.9 Å². The molecule has 4 nitrogen and oxygen atoms in total. The van der Waals surface area contributed by atoms with Crippen LogP contribution in [-0.2, 0) is 6.18 Å². The van der Waals surface area contributed by atoms with Crippen molar-refractivity contribution < 1.29 is 27.5 Å². The Hall–Kier alpha value is -1.67. The number of hydrogen-bond acceptors (Lipinski definition) is 3. The summed E-state index contributed by atoms with van der Waals surface area (Å²) in [4.78, 5) is 14.0. The number of aliphatic hydroxyl groups excluding tert-OH is 1. The van der Waals surface area contributed by atoms with Crippen LogP contribution in [0.25, 0.3) is 0 Å². The number of nitrogens with zero attached hydrogens (tertiary/aromatic N) is 1. The number of aliphatic hydroxyl groups is 1. The molecule has 134 valence electrons. The summed E-state index contributed by atoms with van der Waals surface area (Å²) in [6, 6.07) is 2.66. The van der Waals surface area contributed by atoms with Crippen LogP contribution in [0.1, 0.15) is 35.2 Å². The van der Waals surface area contributed by atoms with Gasteiger partial charge in [-0.25, -0.2) is 4.39 Å². The minimum atomic E-state index is -4.83. The van der Waals surface area contributed by atoms with Crippen molar-refractivity contribution in [2.75, 3.05) is 26.2 Å². The van der Waals surface area contributed by atoms with Gasteiger partial charge in [-0.15, -0.1) is 0 Å². The number of alkyl halides is 3. The van der Waals surface area contributed by atoms with Gasteiger partial charge in [0.15, 0.2) is 0 Å². The topological polar surface area (TPSA) is 52.6 Å². The first-order chi connectivity index (χ1) is 11.3. The van der Waals surface area contributed by atoms with Crippen molar-refractivity contribution in [3.8, 4) is 0 Å². The van der Waals surface area contributed by atoms with E-state index in [1.54, 1.807) is 0 Å². The fourth-order valence-corrected chi connectivity index (χ4v) is 2.67. The van der Waals surface area contributed by atoms with E-state index >= 15 is 0 Å². The third-order valence-corrected chi connectivity index (χ3v) is 4.04. The molecule has 0 bridgehead atoms. The van der Waals surface area contributed by atoms with E-state index in [-0.39, 0.29) is 12.6 Å². The van der Waals surface area contributed by atoms with Crippen LogP contribution in [0, 0.1) is 5.82 Å². The Labute approximate surface area is 137 Å². The monoisotopic (exact) mass is 348 g/mol. The van der Waals surface area contributed by atoms with Crippen LogP contribution in [0.2, 0.25) is 0 Å². The fourth-order valence-electron chi connectivity index (χ4n) is 2.67. The zero-order valence-corrected chi connectivity index (χ0v) is 13.1. The zero-order chi connectivity index (χ0) is 17.7. The Balaban J connectivity index is 1.83. The van der Waals surface area contributed by atoms with Gasteiger partial charge >= 0.3 is 6.18 Å². The second kappa shape index (κ2) is 7.94. The molecule has 0 atom stereocenters. The second-order valence-electron chi connectivity index (χ2n) is 5.85. The van der Waals surface area contributed by atoms with Gasteiger partial charge in [-0.3, -0.25) is 4.79 Å². The number of halogens is 4. The smallest absolute Gasteiger partial charge is 0.393 e. The highest BCUT2D eigenvalue weighted by molar-refractivity contribution is 5.94. The first kappa shape index (κ1) is 18.7. The Kier molecular flexibility index (Phi) is 6.17. The van der Waals surface area contributed by atoms with Crippen LogP contribution in [0.3, 0.4) is 0 Å². The lowest BCUT2D eigenvalue weighted by molar-refractivity contribution is -0.140. The number of carbonyl (C=O) groups excluding carboxylic acids is 1. The molecule has 0 radical (unpaired) electrons. The molecular formula is C16H20F4N2O2. The molecule has 1 fully saturated rings. The van der Waals surface area contributed by atoms with Gasteiger partial charge in [-0.2, -0.15) is 13.2 Å². The molecule has 1 aliphatic heterocycles. The SMILES string of the molecule is O=C(NCCCN1CCC(O)CC1)c1cccc(C(F)(F)F)c1F. The van der Waals surface area contributed by atoms with Crippen molar-refractivity contribution in [3.63, 3.8) is 0 Å². The van der Waals surface area contributed by atoms with Crippen molar-refractivity contribution in [3.05, 3.63) is 35.1 Å². The molecule has 2 rings (SSSR count). The molecule has 1 saturated heterocycles. The van der Waals surface area contributed by atoms with Gasteiger partial charge in [0.2, 0.25) is 0 Å². The Bertz CT molecular complexity index is 570. The summed E-state index contributed by atoms with van der Waals surface area (Å²) in [5.41, 5.74) is -2.05. The van der Waals surface area contributed by atoms with Crippen molar-refractivity contribution >= 4 is 5.91 Å². The van der Waals surface area contributed by atoms with E-state index < -0.39 is 29.0 Å². The Morgan fingerprint density at radius 1 is 1.29 bits per heavy atom. The average Bonchev–Trinajstić information content (AvgIpc) is 2.52. The first-order valence-corrected chi connectivity index (χ1v) is 7.83. The van der Waals surface area contributed by atoms with Crippen LogP contribution in [0.5, 0.6) is 0 Å². The lowest BCUT2D eigenvalue weighted by Gasteiger charge is -2.29. The summed E-state index contributed by atoms with van der Waals surface area (Å²) >= 11 is 0. The summed E-state index contributed by atoms with van der Waals surface area (Å²) in [5.74, 6) is -2.40. The molecule has 0 spiro atoms. The van der Waals surface area contributed by atoms with Gasteiger partial charge in [0.25, 0.3) is 5.91 Å². The quantitative estimate of drug-likeness (QED) is 0.635. The Morgan fingerprint density at radius 2 is 1.96 bits per heavy atom. The normalized spacial score (nSPS) is 17.0. The van der Waals surface area contributed by atoms with Gasteiger partial charge in [0, 0.05) is 19.6 Å². The summed E-state index contributed by atoms with van der Waals surface area (Å²) in [6.07, 6.45) is -3.07. The van der Waals surface area contributed by atoms with Crippen LogP contribution < -0.4 is 5.32 Å². The van der Waals surface area contributed by atoms with Gasteiger partial charge in [0.1, 0.15) is 5.82 Å². The van der Waals surface area contributed by atoms with Gasteiger partial charge < -0.3 is 15.3 Å². The van der Waals surface area contributed by atoms with Crippen molar-refractivity contribution in [2.24, 2.45) is 0 Å². The zero-order valence-electron chi connectivity index (χ0n) is 13.1. The van der Waals surface area contributed by atoms with Crippen molar-refractivity contribution in [1.82, 2.24) is 10.2 Å². The number of benzene rings is 1. The highest BCUT2D eigenvalue weighted by Gasteiger charge is 2.35. The third kappa shape index (κ3) is 4.91. The standard InChI is InChI=1S/C16H20F4N2O2/c17-14-12(3-1-4-13(14)16(18,19)20)15(24)21-7-2-8-22-9-5-11(23)6-10-22/h1,3-4,11,23H,2,5-10H2,(H,21,24). The van der Waals surface area contributed by atoms with E-state index in [0.717, 1.165) is 25.2 Å². The molecule has 0 unspecified atom stereocenters. The fraction of sp³-hybridized carbons (Fsp3) is 0.562. The van der Waals surface area contributed by atoms with Gasteiger partial charge in [0.05, 0.1) is 17.2 Å². The largest absolute Gasteiger partial charge is 0.419 e. The molecule has 1 aromatic carbocycles. The molecule has 1 aromatic rings. The number of nitrogens with one attached hydrogen (secondary N) is 1. The number of rotatable bonds is 5. The maximum atomic E-state index is 13.8. The molecule has 2 N–H and O–H groups in total. The predicted octanol–water partition coefficient (Wildman–Crippen LogP) is 2.42. The minimum Gasteiger partial charge on any atom is -0.393 e. The van der Waals surface area contributed by atoms with Crippen LogP contribution >= 0.6 is 0 Å². The molecule has 0 aliphatic carbocycles. The Morgan fingerprint density at radius 3 is 2.58 bits per heavy atom. The molecule has 0 saturated carbocycles. The lowest BCUT2D eigenvalue weighted by atomic mass is 10.1. The summed E-state index contributed by atoms with van der Waals surface area (Å²) in [7, 11) is 0. The number of amides is 1. The molecular weight excluding hydrogens is 328 g/mol. The second-order valence-corrected chi connectivity index (χ2v) is 5.85. The molecule has 24 heavy (non-hydrogen) atoms. The van der Waals surface area contributed by atoms with Crippen molar-refractivity contribution in [1.29, 1.82) is 0 Å². The lowest BCUT2D eigenvalue weighted by Crippen LogP contribution is -2.37. The summed E-state index contributed by atoms with van der Waals surface area (Å²) < 4.78 is 51.8.